The van der Waals surface area contributed by atoms with Gasteiger partial charge in [0.1, 0.15) is 0 Å². The Bertz CT molecular complexity index is 3170. The van der Waals surface area contributed by atoms with Crippen LogP contribution in [0.4, 0.5) is 0 Å². The predicted octanol–water partition coefficient (Wildman–Crippen LogP) is 10.3. The molecule has 0 saturated carbocycles. The fourth-order valence-electron chi connectivity index (χ4n) is 8.12. The van der Waals surface area contributed by atoms with Crippen molar-refractivity contribution in [3.05, 3.63) is 168 Å². The number of fused-ring (bicyclic) bond motifs is 9. The Morgan fingerprint density at radius 1 is 0.408 bits per heavy atom. The summed E-state index contributed by atoms with van der Waals surface area (Å²) in [5.74, 6) is 0.588. The molecule has 0 unspecified atom stereocenters. The Labute approximate surface area is 279 Å². The van der Waals surface area contributed by atoms with E-state index in [-0.39, 0.29) is 5.56 Å². The smallest absolute Gasteiger partial charge is 0.265 e. The van der Waals surface area contributed by atoms with Crippen LogP contribution in [0, 0.1) is 0 Å². The van der Waals surface area contributed by atoms with Crippen LogP contribution in [-0.4, -0.2) is 18.5 Å². The van der Waals surface area contributed by atoms with Crippen LogP contribution in [0.15, 0.2) is 163 Å². The van der Waals surface area contributed by atoms with Crippen molar-refractivity contribution in [2.75, 3.05) is 0 Å². The predicted molar refractivity (Wildman–Crippen MR) is 202 cm³/mol. The van der Waals surface area contributed by atoms with E-state index < -0.39 is 0 Å². The number of para-hydroxylation sites is 3. The summed E-state index contributed by atoms with van der Waals surface area (Å²) in [6.45, 7) is 0. The Balaban J connectivity index is 1.39. The monoisotopic (exact) mass is 626 g/mol. The van der Waals surface area contributed by atoms with Gasteiger partial charge >= 0.3 is 0 Å². The minimum absolute atomic E-state index is 0.0743. The zero-order valence-electron chi connectivity index (χ0n) is 26.2. The van der Waals surface area contributed by atoms with Gasteiger partial charge in [-0.1, -0.05) is 115 Å². The number of hydrogen-bond acceptors (Lipinski definition) is 2. The van der Waals surface area contributed by atoms with E-state index in [1.54, 1.807) is 0 Å². The second-order valence-corrected chi connectivity index (χ2v) is 12.8. The highest BCUT2D eigenvalue weighted by Gasteiger charge is 2.25. The van der Waals surface area contributed by atoms with Crippen LogP contribution in [-0.2, 0) is 0 Å². The van der Waals surface area contributed by atoms with Gasteiger partial charge in [-0.05, 0) is 59.0 Å². The molecule has 0 spiro atoms. The summed E-state index contributed by atoms with van der Waals surface area (Å²) in [4.78, 5) is 20.1. The van der Waals surface area contributed by atoms with Crippen molar-refractivity contribution in [1.82, 2.24) is 18.5 Å². The average molecular weight is 627 g/mol. The van der Waals surface area contributed by atoms with Gasteiger partial charge in [0.15, 0.2) is 0 Å². The number of pyridine rings is 1. The van der Waals surface area contributed by atoms with Gasteiger partial charge in [0, 0.05) is 38.0 Å². The van der Waals surface area contributed by atoms with E-state index in [9.17, 15) is 4.79 Å². The van der Waals surface area contributed by atoms with Crippen molar-refractivity contribution in [2.24, 2.45) is 0 Å². The molecule has 0 amide bonds. The van der Waals surface area contributed by atoms with E-state index >= 15 is 0 Å². The molecule has 5 nitrogen and oxygen atoms in total. The van der Waals surface area contributed by atoms with E-state index in [2.05, 4.69) is 143 Å². The lowest BCUT2D eigenvalue weighted by Gasteiger charge is -2.12. The number of nitrogens with zero attached hydrogens (tertiary/aromatic N) is 4. The Hall–Kier alpha value is -6.72. The summed E-state index contributed by atoms with van der Waals surface area (Å²) >= 11 is 0. The second-order valence-electron chi connectivity index (χ2n) is 12.8. The third kappa shape index (κ3) is 3.48. The van der Waals surface area contributed by atoms with Gasteiger partial charge in [-0.25, -0.2) is 9.38 Å². The van der Waals surface area contributed by atoms with Gasteiger partial charge in [-0.15, -0.1) is 0 Å². The lowest BCUT2D eigenvalue weighted by molar-refractivity contribution is 0.969. The number of aromatic nitrogens is 4. The third-order valence-electron chi connectivity index (χ3n) is 10.2. The number of hydrogen-bond donors (Lipinski definition) is 0. The van der Waals surface area contributed by atoms with Gasteiger partial charge in [-0.3, -0.25) is 9.36 Å². The van der Waals surface area contributed by atoms with Crippen LogP contribution in [0.5, 0.6) is 0 Å². The molecule has 0 saturated heterocycles. The summed E-state index contributed by atoms with van der Waals surface area (Å²) in [7, 11) is 0. The van der Waals surface area contributed by atoms with Crippen molar-refractivity contribution < 1.29 is 0 Å². The molecular weight excluding hydrogens is 601 g/mol. The molecule has 11 aromatic rings. The highest BCUT2D eigenvalue weighted by atomic mass is 16.1. The van der Waals surface area contributed by atoms with Crippen molar-refractivity contribution in [1.29, 1.82) is 0 Å². The zero-order chi connectivity index (χ0) is 32.2. The van der Waals surface area contributed by atoms with Gasteiger partial charge in [0.05, 0.1) is 33.1 Å². The molecule has 7 aromatic carbocycles. The molecular formula is C44H26N4O. The summed E-state index contributed by atoms with van der Waals surface area (Å²) in [6.07, 6.45) is 0. The Morgan fingerprint density at radius 2 is 0.959 bits per heavy atom. The van der Waals surface area contributed by atoms with E-state index in [0.717, 1.165) is 76.8 Å². The maximum atomic E-state index is 14.7. The first-order chi connectivity index (χ1) is 24.3. The quantitative estimate of drug-likeness (QED) is 0.183. The summed E-state index contributed by atoms with van der Waals surface area (Å²) < 4.78 is 6.43. The largest absolute Gasteiger partial charge is 0.307 e. The number of benzene rings is 7. The number of imidazole rings is 1. The average Bonchev–Trinajstić information content (AvgIpc) is 3.82. The minimum Gasteiger partial charge on any atom is -0.307 e. The summed E-state index contributed by atoms with van der Waals surface area (Å²) in [5, 5.41) is 7.15. The van der Waals surface area contributed by atoms with Crippen LogP contribution in [0.1, 0.15) is 0 Å². The van der Waals surface area contributed by atoms with Crippen LogP contribution in [0.3, 0.4) is 0 Å². The molecule has 228 valence electrons. The minimum atomic E-state index is -0.0743. The summed E-state index contributed by atoms with van der Waals surface area (Å²) in [6, 6.07) is 54.7. The van der Waals surface area contributed by atoms with E-state index in [4.69, 9.17) is 4.98 Å². The molecule has 4 heterocycles. The van der Waals surface area contributed by atoms with Gasteiger partial charge < -0.3 is 4.57 Å². The fraction of sp³-hybridized carbons (Fsp3) is 0. The zero-order valence-corrected chi connectivity index (χ0v) is 26.2. The Morgan fingerprint density at radius 3 is 1.65 bits per heavy atom. The normalized spacial score (nSPS) is 12.2. The van der Waals surface area contributed by atoms with Gasteiger partial charge in [0.25, 0.3) is 5.56 Å². The van der Waals surface area contributed by atoms with Crippen molar-refractivity contribution in [3.63, 3.8) is 0 Å². The topological polar surface area (TPSA) is 44.2 Å². The van der Waals surface area contributed by atoms with Crippen LogP contribution in [0.2, 0.25) is 0 Å². The molecule has 0 aliphatic rings. The molecule has 0 aliphatic carbocycles. The van der Waals surface area contributed by atoms with Gasteiger partial charge in [-0.2, -0.15) is 0 Å². The summed E-state index contributed by atoms with van der Waals surface area (Å²) in [5.41, 5.74) is 9.02. The first kappa shape index (κ1) is 26.4. The maximum absolute atomic E-state index is 14.7. The van der Waals surface area contributed by atoms with Crippen LogP contribution >= 0.6 is 0 Å². The first-order valence-corrected chi connectivity index (χ1v) is 16.5. The Kier molecular flexibility index (Phi) is 5.19. The molecule has 0 bridgehead atoms. The van der Waals surface area contributed by atoms with E-state index in [0.29, 0.717) is 11.3 Å². The fourth-order valence-corrected chi connectivity index (χ4v) is 8.12. The van der Waals surface area contributed by atoms with Crippen molar-refractivity contribution >= 4 is 70.8 Å². The van der Waals surface area contributed by atoms with Crippen molar-refractivity contribution in [3.8, 4) is 22.8 Å². The van der Waals surface area contributed by atoms with Crippen LogP contribution in [0.25, 0.3) is 93.6 Å². The SMILES string of the molecule is O=c1c2ccccc2c2cc(-c3ccccc3)cc3nc(-n4c5ccccc5c5ccc6c7ccccc7n(-c7ccccc7)c6c54)n1c32. The first-order valence-electron chi connectivity index (χ1n) is 16.5. The van der Waals surface area contributed by atoms with Crippen molar-refractivity contribution in [2.45, 2.75) is 0 Å². The lowest BCUT2D eigenvalue weighted by atomic mass is 9.99. The molecule has 4 aromatic heterocycles. The van der Waals surface area contributed by atoms with Gasteiger partial charge in [0.2, 0.25) is 5.95 Å². The maximum Gasteiger partial charge on any atom is 0.265 e. The third-order valence-corrected chi connectivity index (χ3v) is 10.2. The number of rotatable bonds is 3. The highest BCUT2D eigenvalue weighted by Crippen LogP contribution is 2.42. The molecule has 5 heteroatoms. The standard InChI is InChI=1S/C44H26N4O/c49-43-35-20-8-7-17-30(35)36-25-28(27-13-3-1-4-14-27)26-37-40(36)48(43)44(45-37)47-39-22-12-10-19-32(39)34-24-23-33-31-18-9-11-21-38(31)46(41(33)42(34)47)29-15-5-2-6-16-29/h1-26H. The highest BCUT2D eigenvalue weighted by molar-refractivity contribution is 6.24. The molecule has 0 fully saturated rings. The molecule has 0 radical (unpaired) electrons. The molecule has 0 aliphatic heterocycles. The van der Waals surface area contributed by atoms with Crippen LogP contribution < -0.4 is 5.56 Å². The molecule has 0 atom stereocenters. The lowest BCUT2D eigenvalue weighted by Crippen LogP contribution is -2.17. The van der Waals surface area contributed by atoms with E-state index in [1.807, 2.05) is 28.7 Å². The van der Waals surface area contributed by atoms with E-state index in [1.165, 1.54) is 5.39 Å². The second kappa shape index (κ2) is 9.66. The molecule has 49 heavy (non-hydrogen) atoms. The molecule has 11 rings (SSSR count). The molecule has 0 N–H and O–H groups in total.